The molecule has 0 N–H and O–H groups in total. The van der Waals surface area contributed by atoms with Crippen molar-refractivity contribution in [1.82, 2.24) is 0 Å². The van der Waals surface area contributed by atoms with Gasteiger partial charge >= 0.3 is 0 Å². The topological polar surface area (TPSA) is 12.4 Å². The minimum Gasteiger partial charge on any atom is -0.266 e. The van der Waals surface area contributed by atoms with Gasteiger partial charge in [-0.1, -0.05) is 33.8 Å². The molecule has 0 radical (unpaired) electrons. The van der Waals surface area contributed by atoms with Gasteiger partial charge in [0.05, 0.1) is 0 Å². The molecule has 0 aromatic heterocycles. The van der Waals surface area contributed by atoms with Crippen molar-refractivity contribution in [2.75, 3.05) is 0 Å². The van der Waals surface area contributed by atoms with E-state index in [0.29, 0.717) is 0 Å². The largest absolute Gasteiger partial charge is 0.266 e. The van der Waals surface area contributed by atoms with Gasteiger partial charge in [0.2, 0.25) is 0 Å². The van der Waals surface area contributed by atoms with Crippen LogP contribution in [0.2, 0.25) is 0 Å². The van der Waals surface area contributed by atoms with Crippen LogP contribution >= 0.6 is 0 Å². The molecule has 11 heavy (non-hydrogen) atoms. The number of hydrogen-bond donors (Lipinski definition) is 0. The summed E-state index contributed by atoms with van der Waals surface area (Å²) in [6.07, 6.45) is 5.06. The highest BCUT2D eigenvalue weighted by atomic mass is 14.7. The van der Waals surface area contributed by atoms with Crippen LogP contribution in [0.5, 0.6) is 0 Å². The van der Waals surface area contributed by atoms with E-state index in [1.165, 1.54) is 5.71 Å². The Morgan fingerprint density at radius 2 is 1.91 bits per heavy atom. The third kappa shape index (κ3) is 7.31. The average molecular weight is 153 g/mol. The van der Waals surface area contributed by atoms with Crippen molar-refractivity contribution in [2.24, 2.45) is 10.4 Å². The van der Waals surface area contributed by atoms with Gasteiger partial charge in [-0.2, -0.15) is 0 Å². The van der Waals surface area contributed by atoms with Crippen molar-refractivity contribution in [2.45, 2.75) is 41.0 Å². The number of aliphatic imine (C=N–C) groups is 1. The zero-order valence-electron chi connectivity index (χ0n) is 8.31. The molecular weight excluding hydrogens is 134 g/mol. The predicted octanol–water partition coefficient (Wildman–Crippen LogP) is 3.42. The van der Waals surface area contributed by atoms with E-state index < -0.39 is 0 Å². The summed E-state index contributed by atoms with van der Waals surface area (Å²) in [5, 5.41) is 0. The molecule has 0 spiro atoms. The first-order valence-corrected chi connectivity index (χ1v) is 4.16. The van der Waals surface area contributed by atoms with Crippen molar-refractivity contribution in [1.29, 1.82) is 0 Å². The van der Waals surface area contributed by atoms with E-state index in [1.54, 1.807) is 0 Å². The molecule has 0 heterocycles. The molecule has 0 amide bonds. The van der Waals surface area contributed by atoms with Crippen molar-refractivity contribution in [3.05, 3.63) is 12.3 Å². The molecule has 0 aliphatic heterocycles. The number of nitrogens with zero attached hydrogens (tertiary/aromatic N) is 1. The molecule has 0 bridgehead atoms. The lowest BCUT2D eigenvalue weighted by Gasteiger charge is -2.09. The Morgan fingerprint density at radius 3 is 2.27 bits per heavy atom. The van der Waals surface area contributed by atoms with E-state index in [2.05, 4.69) is 38.8 Å². The molecule has 0 unspecified atom stereocenters. The van der Waals surface area contributed by atoms with E-state index in [-0.39, 0.29) is 5.41 Å². The van der Waals surface area contributed by atoms with Crippen LogP contribution in [-0.4, -0.2) is 5.71 Å². The SMILES string of the molecule is CCC(C)=N/C=C\C(C)(C)C. The highest BCUT2D eigenvalue weighted by Crippen LogP contribution is 2.14. The number of hydrogen-bond acceptors (Lipinski definition) is 1. The fraction of sp³-hybridized carbons (Fsp3) is 0.700. The van der Waals surface area contributed by atoms with Gasteiger partial charge in [-0.3, -0.25) is 4.99 Å². The first-order valence-electron chi connectivity index (χ1n) is 4.16. The van der Waals surface area contributed by atoms with Gasteiger partial charge < -0.3 is 0 Å². The zero-order chi connectivity index (χ0) is 8.91. The fourth-order valence-corrected chi connectivity index (χ4v) is 0.479. The van der Waals surface area contributed by atoms with Crippen LogP contribution in [0.4, 0.5) is 0 Å². The van der Waals surface area contributed by atoms with E-state index in [9.17, 15) is 0 Å². The molecule has 0 aliphatic rings. The molecule has 0 aromatic carbocycles. The normalized spacial score (nSPS) is 14.5. The zero-order valence-corrected chi connectivity index (χ0v) is 8.31. The third-order valence-corrected chi connectivity index (χ3v) is 1.38. The molecular formula is C10H19N. The highest BCUT2D eigenvalue weighted by molar-refractivity contribution is 5.82. The molecule has 0 saturated carbocycles. The minimum absolute atomic E-state index is 0.248. The Balaban J connectivity index is 3.96. The van der Waals surface area contributed by atoms with Crippen molar-refractivity contribution >= 4 is 5.71 Å². The quantitative estimate of drug-likeness (QED) is 0.539. The Labute approximate surface area is 70.2 Å². The van der Waals surface area contributed by atoms with E-state index in [1.807, 2.05) is 13.1 Å². The van der Waals surface area contributed by atoms with E-state index in [0.717, 1.165) is 6.42 Å². The Kier molecular flexibility index (Phi) is 4.09. The van der Waals surface area contributed by atoms with Crippen molar-refractivity contribution in [3.8, 4) is 0 Å². The monoisotopic (exact) mass is 153 g/mol. The van der Waals surface area contributed by atoms with Crippen LogP contribution in [0.15, 0.2) is 17.3 Å². The van der Waals surface area contributed by atoms with Crippen LogP contribution in [0, 0.1) is 5.41 Å². The van der Waals surface area contributed by atoms with Crippen LogP contribution in [0.1, 0.15) is 41.0 Å². The Hall–Kier alpha value is -0.590. The van der Waals surface area contributed by atoms with Gasteiger partial charge in [-0.05, 0) is 18.8 Å². The lowest BCUT2D eigenvalue weighted by molar-refractivity contribution is 0.543. The van der Waals surface area contributed by atoms with Gasteiger partial charge in [0.25, 0.3) is 0 Å². The summed E-state index contributed by atoms with van der Waals surface area (Å²) in [5.41, 5.74) is 1.43. The van der Waals surface area contributed by atoms with Gasteiger partial charge in [-0.25, -0.2) is 0 Å². The summed E-state index contributed by atoms with van der Waals surface area (Å²) in [5.74, 6) is 0. The maximum absolute atomic E-state index is 4.26. The maximum atomic E-state index is 4.26. The summed E-state index contributed by atoms with van der Waals surface area (Å²) in [4.78, 5) is 4.26. The minimum atomic E-state index is 0.248. The maximum Gasteiger partial charge on any atom is 0.0232 e. The molecule has 0 atom stereocenters. The lowest BCUT2D eigenvalue weighted by Crippen LogP contribution is -1.98. The van der Waals surface area contributed by atoms with Gasteiger partial charge in [0.1, 0.15) is 0 Å². The molecule has 1 nitrogen and oxygen atoms in total. The van der Waals surface area contributed by atoms with Crippen LogP contribution in [-0.2, 0) is 0 Å². The summed E-state index contributed by atoms with van der Waals surface area (Å²) in [6, 6.07) is 0. The number of rotatable bonds is 2. The molecule has 0 saturated heterocycles. The standard InChI is InChI=1S/C10H19N/c1-6-9(2)11-8-7-10(3,4)5/h7-8H,6H2,1-5H3/b8-7-,11-9?. The number of allylic oxidation sites excluding steroid dienone is 1. The second-order valence-electron chi connectivity index (χ2n) is 3.90. The van der Waals surface area contributed by atoms with Gasteiger partial charge in [-0.15, -0.1) is 0 Å². The van der Waals surface area contributed by atoms with Crippen molar-refractivity contribution < 1.29 is 0 Å². The summed E-state index contributed by atoms with van der Waals surface area (Å²) >= 11 is 0. The van der Waals surface area contributed by atoms with Crippen molar-refractivity contribution in [3.63, 3.8) is 0 Å². The first kappa shape index (κ1) is 10.4. The van der Waals surface area contributed by atoms with Crippen LogP contribution in [0.25, 0.3) is 0 Å². The fourth-order valence-electron chi connectivity index (χ4n) is 0.479. The van der Waals surface area contributed by atoms with Crippen LogP contribution < -0.4 is 0 Å². The first-order chi connectivity index (χ1) is 4.95. The van der Waals surface area contributed by atoms with Gasteiger partial charge in [0.15, 0.2) is 0 Å². The van der Waals surface area contributed by atoms with E-state index in [4.69, 9.17) is 0 Å². The second kappa shape index (κ2) is 4.32. The third-order valence-electron chi connectivity index (χ3n) is 1.38. The van der Waals surface area contributed by atoms with Crippen LogP contribution in [0.3, 0.4) is 0 Å². The average Bonchev–Trinajstić information content (AvgIpc) is 1.85. The molecule has 0 aliphatic carbocycles. The summed E-state index contributed by atoms with van der Waals surface area (Å²) in [6.45, 7) is 10.7. The molecule has 1 heteroatoms. The molecule has 0 rings (SSSR count). The van der Waals surface area contributed by atoms with E-state index >= 15 is 0 Å². The van der Waals surface area contributed by atoms with Gasteiger partial charge in [0, 0.05) is 11.9 Å². The highest BCUT2D eigenvalue weighted by Gasteiger charge is 2.02. The Morgan fingerprint density at radius 1 is 1.36 bits per heavy atom. The smallest absolute Gasteiger partial charge is 0.0232 e. The molecule has 0 fully saturated rings. The second-order valence-corrected chi connectivity index (χ2v) is 3.90. The Bertz CT molecular complexity index is 158. The summed E-state index contributed by atoms with van der Waals surface area (Å²) in [7, 11) is 0. The lowest BCUT2D eigenvalue weighted by atomic mass is 9.97. The molecule has 0 aromatic rings. The molecule has 64 valence electrons. The summed E-state index contributed by atoms with van der Waals surface area (Å²) < 4.78 is 0. The predicted molar refractivity (Wildman–Crippen MR) is 52.0 cm³/mol.